The number of hydrogen-bond acceptors (Lipinski definition) is 4. The van der Waals surface area contributed by atoms with Gasteiger partial charge in [-0.1, -0.05) is 55.0 Å². The molecule has 0 fully saturated rings. The molecule has 0 unspecified atom stereocenters. The molecule has 2 aromatic rings. The molecule has 0 heterocycles. The Morgan fingerprint density at radius 1 is 1.04 bits per heavy atom. The zero-order valence-electron chi connectivity index (χ0n) is 15.4. The van der Waals surface area contributed by atoms with E-state index in [1.165, 1.54) is 0 Å². The van der Waals surface area contributed by atoms with Crippen LogP contribution in [0.2, 0.25) is 0 Å². The summed E-state index contributed by atoms with van der Waals surface area (Å²) in [4.78, 5) is 24.4. The number of aryl methyl sites for hydroxylation is 1. The van der Waals surface area contributed by atoms with Crippen LogP contribution in [0.5, 0.6) is 5.75 Å². The van der Waals surface area contributed by atoms with Crippen LogP contribution in [0.15, 0.2) is 54.6 Å². The molecule has 0 aromatic heterocycles. The largest absolute Gasteiger partial charge is 0.479 e. The summed E-state index contributed by atoms with van der Waals surface area (Å²) in [7, 11) is 0. The first-order valence-electron chi connectivity index (χ1n) is 8.75. The Labute approximate surface area is 154 Å². The maximum Gasteiger partial charge on any atom is 0.348 e. The maximum atomic E-state index is 12.3. The fourth-order valence-electron chi connectivity index (χ4n) is 2.30. The molecular formula is C21H25NO4. The van der Waals surface area contributed by atoms with E-state index in [0.717, 1.165) is 11.1 Å². The normalized spacial score (nSPS) is 12.7. The second-order valence-electron chi connectivity index (χ2n) is 6.11. The second-order valence-corrected chi connectivity index (χ2v) is 6.11. The highest BCUT2D eigenvalue weighted by atomic mass is 16.6. The molecule has 0 aliphatic heterocycles. The van der Waals surface area contributed by atoms with Crippen LogP contribution < -0.4 is 10.1 Å². The van der Waals surface area contributed by atoms with E-state index in [0.29, 0.717) is 18.7 Å². The number of ether oxygens (including phenoxy) is 2. The molecule has 138 valence electrons. The number of para-hydroxylation sites is 1. The summed E-state index contributed by atoms with van der Waals surface area (Å²) in [6.45, 7) is 5.78. The van der Waals surface area contributed by atoms with Gasteiger partial charge in [0.05, 0.1) is 0 Å². The molecular weight excluding hydrogens is 330 g/mol. The highest BCUT2D eigenvalue weighted by Gasteiger charge is 2.25. The number of hydrogen-bond donors (Lipinski definition) is 1. The van der Waals surface area contributed by atoms with Crippen LogP contribution in [0, 0.1) is 6.92 Å². The van der Waals surface area contributed by atoms with Gasteiger partial charge in [-0.15, -0.1) is 0 Å². The molecule has 2 aromatic carbocycles. The van der Waals surface area contributed by atoms with Gasteiger partial charge in [-0.25, -0.2) is 4.79 Å². The third kappa shape index (κ3) is 5.92. The van der Waals surface area contributed by atoms with Gasteiger partial charge < -0.3 is 14.8 Å². The lowest BCUT2D eigenvalue weighted by Gasteiger charge is -2.19. The minimum Gasteiger partial charge on any atom is -0.479 e. The van der Waals surface area contributed by atoms with Gasteiger partial charge in [0, 0.05) is 6.54 Å². The van der Waals surface area contributed by atoms with Crippen molar-refractivity contribution in [2.75, 3.05) is 0 Å². The molecule has 2 rings (SSSR count). The summed E-state index contributed by atoms with van der Waals surface area (Å²) in [5.74, 6) is -0.296. The van der Waals surface area contributed by atoms with Crippen LogP contribution in [0.25, 0.3) is 0 Å². The van der Waals surface area contributed by atoms with Gasteiger partial charge in [0.1, 0.15) is 5.75 Å². The molecule has 1 N–H and O–H groups in total. The number of rotatable bonds is 8. The van der Waals surface area contributed by atoms with Crippen LogP contribution in [0.3, 0.4) is 0 Å². The van der Waals surface area contributed by atoms with Crippen LogP contribution >= 0.6 is 0 Å². The Morgan fingerprint density at radius 3 is 2.31 bits per heavy atom. The molecule has 0 radical (unpaired) electrons. The molecule has 5 heteroatoms. The minimum absolute atomic E-state index is 0.339. The predicted octanol–water partition coefficient (Wildman–Crippen LogP) is 3.40. The number of amides is 1. The molecule has 0 saturated carbocycles. The van der Waals surface area contributed by atoms with Crippen molar-refractivity contribution >= 4 is 11.9 Å². The zero-order valence-corrected chi connectivity index (χ0v) is 15.4. The Balaban J connectivity index is 1.84. The summed E-state index contributed by atoms with van der Waals surface area (Å²) < 4.78 is 10.9. The predicted molar refractivity (Wildman–Crippen MR) is 99.7 cm³/mol. The third-order valence-corrected chi connectivity index (χ3v) is 3.90. The highest BCUT2D eigenvalue weighted by molar-refractivity contribution is 5.84. The number of carbonyl (C=O) groups is 2. The quantitative estimate of drug-likeness (QED) is 0.737. The van der Waals surface area contributed by atoms with Gasteiger partial charge in [0.15, 0.2) is 12.2 Å². The summed E-state index contributed by atoms with van der Waals surface area (Å²) in [5, 5.41) is 2.77. The van der Waals surface area contributed by atoms with E-state index in [9.17, 15) is 9.59 Å². The summed E-state index contributed by atoms with van der Waals surface area (Å²) >= 11 is 0. The van der Waals surface area contributed by atoms with Crippen molar-refractivity contribution in [3.63, 3.8) is 0 Å². The van der Waals surface area contributed by atoms with Crippen LogP contribution in [-0.2, 0) is 20.9 Å². The van der Waals surface area contributed by atoms with E-state index in [-0.39, 0.29) is 5.91 Å². The highest BCUT2D eigenvalue weighted by Crippen LogP contribution is 2.14. The lowest BCUT2D eigenvalue weighted by Crippen LogP contribution is -2.39. The van der Waals surface area contributed by atoms with Crippen molar-refractivity contribution in [3.05, 3.63) is 65.7 Å². The topological polar surface area (TPSA) is 64.6 Å². The first-order chi connectivity index (χ1) is 12.5. The molecule has 0 aliphatic rings. The second kappa shape index (κ2) is 9.61. The molecule has 0 spiro atoms. The number of esters is 1. The monoisotopic (exact) mass is 355 g/mol. The number of benzene rings is 2. The summed E-state index contributed by atoms with van der Waals surface area (Å²) in [6, 6.07) is 16.9. The van der Waals surface area contributed by atoms with Crippen LogP contribution in [-0.4, -0.2) is 24.1 Å². The van der Waals surface area contributed by atoms with Gasteiger partial charge in [0.25, 0.3) is 5.91 Å². The smallest absolute Gasteiger partial charge is 0.348 e. The van der Waals surface area contributed by atoms with Crippen molar-refractivity contribution in [2.24, 2.45) is 0 Å². The van der Waals surface area contributed by atoms with Gasteiger partial charge in [0.2, 0.25) is 0 Å². The lowest BCUT2D eigenvalue weighted by molar-refractivity contribution is -0.161. The van der Waals surface area contributed by atoms with Crippen molar-refractivity contribution in [1.82, 2.24) is 5.32 Å². The third-order valence-electron chi connectivity index (χ3n) is 3.90. The fourth-order valence-corrected chi connectivity index (χ4v) is 2.30. The van der Waals surface area contributed by atoms with Crippen molar-refractivity contribution in [3.8, 4) is 5.75 Å². The van der Waals surface area contributed by atoms with E-state index in [1.54, 1.807) is 19.1 Å². The van der Waals surface area contributed by atoms with E-state index in [4.69, 9.17) is 9.47 Å². The average Bonchev–Trinajstić information content (AvgIpc) is 2.66. The number of nitrogens with one attached hydrogen (secondary N) is 1. The SMILES string of the molecule is CC[C@@H](Oc1ccccc1)C(=O)O[C@@H](C)C(=O)NCc1ccc(C)cc1. The van der Waals surface area contributed by atoms with Crippen LogP contribution in [0.1, 0.15) is 31.4 Å². The standard InChI is InChI=1S/C21H25NO4/c1-4-19(26-18-8-6-5-7-9-18)21(24)25-16(3)20(23)22-14-17-12-10-15(2)11-13-17/h5-13,16,19H,4,14H2,1-3H3,(H,22,23)/t16-,19+/m0/s1. The molecule has 5 nitrogen and oxygen atoms in total. The average molecular weight is 355 g/mol. The molecule has 26 heavy (non-hydrogen) atoms. The number of carbonyl (C=O) groups excluding carboxylic acids is 2. The van der Waals surface area contributed by atoms with Crippen molar-refractivity contribution < 1.29 is 19.1 Å². The molecule has 2 atom stereocenters. The molecule has 0 bridgehead atoms. The first-order valence-corrected chi connectivity index (χ1v) is 8.75. The zero-order chi connectivity index (χ0) is 18.9. The van der Waals surface area contributed by atoms with E-state index in [2.05, 4.69) is 5.32 Å². The molecule has 0 aliphatic carbocycles. The van der Waals surface area contributed by atoms with Gasteiger partial charge in [-0.3, -0.25) is 4.79 Å². The van der Waals surface area contributed by atoms with Gasteiger partial charge in [-0.05, 0) is 38.0 Å². The Hall–Kier alpha value is -2.82. The maximum absolute atomic E-state index is 12.3. The van der Waals surface area contributed by atoms with E-state index < -0.39 is 18.2 Å². The van der Waals surface area contributed by atoms with Gasteiger partial charge >= 0.3 is 5.97 Å². The summed E-state index contributed by atoms with van der Waals surface area (Å²) in [6.07, 6.45) is -1.18. The van der Waals surface area contributed by atoms with E-state index >= 15 is 0 Å². The Bertz CT molecular complexity index is 713. The molecule has 1 amide bonds. The molecule has 0 saturated heterocycles. The van der Waals surface area contributed by atoms with E-state index in [1.807, 2.05) is 56.3 Å². The van der Waals surface area contributed by atoms with Crippen molar-refractivity contribution in [1.29, 1.82) is 0 Å². The van der Waals surface area contributed by atoms with Crippen LogP contribution in [0.4, 0.5) is 0 Å². The first kappa shape index (κ1) is 19.5. The fraction of sp³-hybridized carbons (Fsp3) is 0.333. The Morgan fingerprint density at radius 2 is 1.69 bits per heavy atom. The minimum atomic E-state index is -0.888. The van der Waals surface area contributed by atoms with Crippen molar-refractivity contribution in [2.45, 2.75) is 45.9 Å². The summed E-state index contributed by atoms with van der Waals surface area (Å²) in [5.41, 5.74) is 2.15. The Kier molecular flexibility index (Phi) is 7.21. The van der Waals surface area contributed by atoms with Gasteiger partial charge in [-0.2, -0.15) is 0 Å². The lowest BCUT2D eigenvalue weighted by atomic mass is 10.1.